The van der Waals surface area contributed by atoms with Gasteiger partial charge in [0.15, 0.2) is 5.78 Å². The van der Waals surface area contributed by atoms with E-state index in [9.17, 15) is 4.79 Å². The van der Waals surface area contributed by atoms with Gasteiger partial charge in [-0.2, -0.15) is 0 Å². The van der Waals surface area contributed by atoms with E-state index in [0.717, 1.165) is 5.70 Å². The maximum absolute atomic E-state index is 10.7. The molecule has 0 aliphatic carbocycles. The molecule has 0 saturated carbocycles. The summed E-state index contributed by atoms with van der Waals surface area (Å²) in [5.74, 6) is 0.153. The van der Waals surface area contributed by atoms with Crippen molar-refractivity contribution in [2.24, 2.45) is 0 Å². The number of allylic oxidation sites excluding steroid dienone is 1. The van der Waals surface area contributed by atoms with E-state index in [1.54, 1.807) is 6.92 Å². The lowest BCUT2D eigenvalue weighted by Crippen LogP contribution is -2.40. The highest BCUT2D eigenvalue weighted by Crippen LogP contribution is 2.07. The van der Waals surface area contributed by atoms with Crippen LogP contribution in [0.3, 0.4) is 0 Å². The average Bonchev–Trinajstić information content (AvgIpc) is 2.09. The molecule has 0 saturated heterocycles. The van der Waals surface area contributed by atoms with Crippen LogP contribution in [-0.2, 0) is 4.79 Å². The number of nitrogens with zero attached hydrogens (tertiary/aromatic N) is 2. The summed E-state index contributed by atoms with van der Waals surface area (Å²) in [4.78, 5) is 10.7. The number of Topliss-reactive ketones (excluding diaryl/α,β-unsaturated/α-hetero) is 1. The fourth-order valence-corrected chi connectivity index (χ4v) is 1.03. The first kappa shape index (κ1) is 8.07. The van der Waals surface area contributed by atoms with Gasteiger partial charge in [-0.1, -0.05) is 0 Å². The zero-order valence-electron chi connectivity index (χ0n) is 7.09. The van der Waals surface area contributed by atoms with Crippen LogP contribution in [0.4, 0.5) is 0 Å². The monoisotopic (exact) mass is 155 g/mol. The van der Waals surface area contributed by atoms with Crippen LogP contribution in [0.2, 0.25) is 0 Å². The van der Waals surface area contributed by atoms with Gasteiger partial charge in [-0.05, 0) is 13.8 Å². The summed E-state index contributed by atoms with van der Waals surface area (Å²) in [5.41, 5.74) is 4.05. The highest BCUT2D eigenvalue weighted by atomic mass is 16.1. The SMILES string of the molecule is CC(=O)CN1NN(C)C=C1C. The smallest absolute Gasteiger partial charge is 0.150 e. The maximum atomic E-state index is 10.7. The Bertz CT molecular complexity index is 200. The standard InChI is InChI=1S/C7H13N3O/c1-6-4-9(3)8-10(6)5-7(2)11/h4,8H,5H2,1-3H3. The van der Waals surface area contributed by atoms with Gasteiger partial charge >= 0.3 is 0 Å². The third kappa shape index (κ3) is 1.94. The van der Waals surface area contributed by atoms with Crippen molar-refractivity contribution < 1.29 is 4.79 Å². The van der Waals surface area contributed by atoms with Crippen molar-refractivity contribution in [3.8, 4) is 0 Å². The van der Waals surface area contributed by atoms with Crippen molar-refractivity contribution in [3.05, 3.63) is 11.9 Å². The second-order valence-electron chi connectivity index (χ2n) is 2.77. The van der Waals surface area contributed by atoms with E-state index in [-0.39, 0.29) is 5.78 Å². The molecule has 0 atom stereocenters. The lowest BCUT2D eigenvalue weighted by atomic mass is 10.4. The van der Waals surface area contributed by atoms with E-state index in [1.165, 1.54) is 0 Å². The number of carbonyl (C=O) groups is 1. The zero-order valence-corrected chi connectivity index (χ0v) is 7.09. The second kappa shape index (κ2) is 2.92. The molecule has 0 aromatic heterocycles. The van der Waals surface area contributed by atoms with Crippen LogP contribution in [0.1, 0.15) is 13.8 Å². The molecule has 4 heteroatoms. The molecule has 1 rings (SSSR count). The predicted molar refractivity (Wildman–Crippen MR) is 42.0 cm³/mol. The molecule has 1 heterocycles. The highest BCUT2D eigenvalue weighted by Gasteiger charge is 2.14. The molecule has 0 aromatic rings. The number of carbonyl (C=O) groups excluding carboxylic acids is 1. The molecule has 0 spiro atoms. The quantitative estimate of drug-likeness (QED) is 0.613. The molecule has 0 unspecified atom stereocenters. The minimum Gasteiger partial charge on any atom is -0.299 e. The van der Waals surface area contributed by atoms with E-state index in [4.69, 9.17) is 0 Å². The minimum atomic E-state index is 0.153. The van der Waals surface area contributed by atoms with Crippen LogP contribution < -0.4 is 5.53 Å². The van der Waals surface area contributed by atoms with Crippen LogP contribution in [0, 0.1) is 0 Å². The van der Waals surface area contributed by atoms with Crippen LogP contribution >= 0.6 is 0 Å². The highest BCUT2D eigenvalue weighted by molar-refractivity contribution is 5.77. The first-order chi connectivity index (χ1) is 5.09. The topological polar surface area (TPSA) is 35.6 Å². The number of rotatable bonds is 2. The van der Waals surface area contributed by atoms with Gasteiger partial charge in [0.25, 0.3) is 0 Å². The summed E-state index contributed by atoms with van der Waals surface area (Å²) in [7, 11) is 1.89. The fourth-order valence-electron chi connectivity index (χ4n) is 1.03. The fraction of sp³-hybridized carbons (Fsp3) is 0.571. The molecular weight excluding hydrogens is 142 g/mol. The number of nitrogens with one attached hydrogen (secondary N) is 1. The Labute approximate surface area is 66.4 Å². The lowest BCUT2D eigenvalue weighted by molar-refractivity contribution is -0.118. The van der Waals surface area contributed by atoms with Gasteiger partial charge in [-0.15, -0.1) is 5.53 Å². The van der Waals surface area contributed by atoms with Gasteiger partial charge in [0.05, 0.1) is 6.54 Å². The Kier molecular flexibility index (Phi) is 2.14. The lowest BCUT2D eigenvalue weighted by Gasteiger charge is -2.19. The second-order valence-corrected chi connectivity index (χ2v) is 2.77. The average molecular weight is 155 g/mol. The van der Waals surface area contributed by atoms with E-state index >= 15 is 0 Å². The third-order valence-electron chi connectivity index (χ3n) is 1.47. The number of hydrogen-bond acceptors (Lipinski definition) is 4. The predicted octanol–water partition coefficient (Wildman–Crippen LogP) is 0.104. The van der Waals surface area contributed by atoms with Crippen molar-refractivity contribution in [3.63, 3.8) is 0 Å². The Morgan fingerprint density at radius 3 is 2.73 bits per heavy atom. The van der Waals surface area contributed by atoms with Gasteiger partial charge in [-0.3, -0.25) is 14.8 Å². The first-order valence-corrected chi connectivity index (χ1v) is 3.54. The molecule has 0 radical (unpaired) electrons. The Morgan fingerprint density at radius 2 is 2.36 bits per heavy atom. The van der Waals surface area contributed by atoms with Crippen LogP contribution in [-0.4, -0.2) is 29.4 Å². The molecule has 11 heavy (non-hydrogen) atoms. The van der Waals surface area contributed by atoms with E-state index in [0.29, 0.717) is 6.54 Å². The Balaban J connectivity index is 2.50. The van der Waals surface area contributed by atoms with Gasteiger partial charge in [0.1, 0.15) is 0 Å². The largest absolute Gasteiger partial charge is 0.299 e. The summed E-state index contributed by atoms with van der Waals surface area (Å²) in [6.45, 7) is 3.96. The van der Waals surface area contributed by atoms with Crippen molar-refractivity contribution in [1.82, 2.24) is 15.6 Å². The molecule has 4 nitrogen and oxygen atoms in total. The Hall–Kier alpha value is -1.03. The molecule has 0 bridgehead atoms. The Morgan fingerprint density at radius 1 is 1.73 bits per heavy atom. The first-order valence-electron chi connectivity index (χ1n) is 3.54. The maximum Gasteiger partial charge on any atom is 0.150 e. The molecule has 0 amide bonds. The number of hydrazine groups is 2. The summed E-state index contributed by atoms with van der Waals surface area (Å²) in [5, 5.41) is 3.63. The van der Waals surface area contributed by atoms with Crippen LogP contribution in [0.25, 0.3) is 0 Å². The molecule has 62 valence electrons. The molecule has 0 fully saturated rings. The van der Waals surface area contributed by atoms with Crippen molar-refractivity contribution in [2.45, 2.75) is 13.8 Å². The number of hydrogen-bond donors (Lipinski definition) is 1. The van der Waals surface area contributed by atoms with Gasteiger partial charge in [0, 0.05) is 18.9 Å². The molecular formula is C7H13N3O. The van der Waals surface area contributed by atoms with Crippen molar-refractivity contribution in [1.29, 1.82) is 0 Å². The zero-order chi connectivity index (χ0) is 8.43. The molecule has 0 aromatic carbocycles. The summed E-state index contributed by atoms with van der Waals surface area (Å²) >= 11 is 0. The van der Waals surface area contributed by atoms with Crippen molar-refractivity contribution in [2.75, 3.05) is 13.6 Å². The molecule has 1 aliphatic rings. The summed E-state index contributed by atoms with van der Waals surface area (Å²) in [6, 6.07) is 0. The van der Waals surface area contributed by atoms with Crippen LogP contribution in [0.5, 0.6) is 0 Å². The third-order valence-corrected chi connectivity index (χ3v) is 1.47. The summed E-state index contributed by atoms with van der Waals surface area (Å²) < 4.78 is 0. The van der Waals surface area contributed by atoms with Crippen molar-refractivity contribution >= 4 is 5.78 Å². The van der Waals surface area contributed by atoms with Crippen LogP contribution in [0.15, 0.2) is 11.9 Å². The molecule has 1 aliphatic heterocycles. The normalized spacial score (nSPS) is 17.2. The van der Waals surface area contributed by atoms with Gasteiger partial charge in [0.2, 0.25) is 0 Å². The number of ketones is 1. The van der Waals surface area contributed by atoms with Gasteiger partial charge < -0.3 is 0 Å². The van der Waals surface area contributed by atoms with Gasteiger partial charge in [-0.25, -0.2) is 0 Å². The van der Waals surface area contributed by atoms with E-state index in [1.807, 2.05) is 30.2 Å². The molecule has 1 N–H and O–H groups in total. The van der Waals surface area contributed by atoms with E-state index < -0.39 is 0 Å². The van der Waals surface area contributed by atoms with E-state index in [2.05, 4.69) is 5.53 Å². The minimum absolute atomic E-state index is 0.153. The summed E-state index contributed by atoms with van der Waals surface area (Å²) in [6.07, 6.45) is 1.93.